The van der Waals surface area contributed by atoms with E-state index in [0.29, 0.717) is 32.5 Å². The topological polar surface area (TPSA) is 172 Å². The fraction of sp³-hybridized carbons (Fsp3) is 0.727. The minimum absolute atomic E-state index is 0.181. The number of hydrogen-bond donors (Lipinski definition) is 3. The summed E-state index contributed by atoms with van der Waals surface area (Å²) in [5.74, 6) is -3.22. The van der Waals surface area contributed by atoms with Gasteiger partial charge in [0.25, 0.3) is 0 Å². The molecule has 1 amide bonds. The molecule has 3 N–H and O–H groups in total. The lowest BCUT2D eigenvalue weighted by Crippen LogP contribution is -2.61. The number of ether oxygens (including phenoxy) is 5. The number of fused-ring (bicyclic) bond motifs is 2. The van der Waals surface area contributed by atoms with Gasteiger partial charge in [-0.3, -0.25) is 19.9 Å². The maximum Gasteiger partial charge on any atom is 0.425 e. The Balaban J connectivity index is 1.34. The van der Waals surface area contributed by atoms with Crippen molar-refractivity contribution < 1.29 is 48.3 Å². The zero-order valence-electron chi connectivity index (χ0n) is 36.7. The van der Waals surface area contributed by atoms with Gasteiger partial charge in [-0.25, -0.2) is 14.8 Å². The molecule has 1 unspecified atom stereocenters. The van der Waals surface area contributed by atoms with Crippen molar-refractivity contribution in [3.63, 3.8) is 0 Å². The van der Waals surface area contributed by atoms with Crippen LogP contribution in [0.25, 0.3) is 10.9 Å². The lowest BCUT2D eigenvalue weighted by molar-refractivity contribution is -0.293. The van der Waals surface area contributed by atoms with Crippen LogP contribution in [0.5, 0.6) is 5.75 Å². The number of methoxy groups -OCH3 is 1. The number of ketones is 1. The van der Waals surface area contributed by atoms with E-state index in [1.807, 2.05) is 76.0 Å². The van der Waals surface area contributed by atoms with Gasteiger partial charge in [0.05, 0.1) is 43.1 Å². The summed E-state index contributed by atoms with van der Waals surface area (Å²) in [4.78, 5) is 48.9. The summed E-state index contributed by atoms with van der Waals surface area (Å²) in [5.41, 5.74) is -0.939. The Bertz CT molecular complexity index is 1830. The van der Waals surface area contributed by atoms with Crippen molar-refractivity contribution >= 4 is 28.7 Å². The molecule has 6 rings (SSSR count). The summed E-state index contributed by atoms with van der Waals surface area (Å²) < 4.78 is 30.6. The highest BCUT2D eigenvalue weighted by Crippen LogP contribution is 2.45. The van der Waals surface area contributed by atoms with E-state index in [-0.39, 0.29) is 36.4 Å². The molecule has 0 spiro atoms. The smallest absolute Gasteiger partial charge is 0.425 e. The monoisotopic (exact) mass is 825 g/mol. The Hall–Kier alpha value is -3.44. The first kappa shape index (κ1) is 45.1. The van der Waals surface area contributed by atoms with Crippen LogP contribution >= 0.6 is 0 Å². The molecule has 1 aromatic heterocycles. The molecule has 2 bridgehead atoms. The average Bonchev–Trinajstić information content (AvgIpc) is 3.36. The van der Waals surface area contributed by atoms with Crippen LogP contribution in [0.1, 0.15) is 86.6 Å². The van der Waals surface area contributed by atoms with Crippen LogP contribution in [0.15, 0.2) is 30.5 Å². The summed E-state index contributed by atoms with van der Waals surface area (Å²) in [6.07, 6.45) is -0.705. The van der Waals surface area contributed by atoms with Crippen molar-refractivity contribution in [3.05, 3.63) is 36.0 Å². The minimum Gasteiger partial charge on any atom is -0.497 e. The van der Waals surface area contributed by atoms with Crippen LogP contribution in [-0.4, -0.2) is 142 Å². The number of aliphatic hydroxyl groups excluding tert-OH is 1. The number of esters is 1. The Kier molecular flexibility index (Phi) is 13.7. The fourth-order valence-corrected chi connectivity index (χ4v) is 10.5. The number of aryl methyl sites for hydroxylation is 1. The van der Waals surface area contributed by atoms with Gasteiger partial charge >= 0.3 is 12.1 Å². The Morgan fingerprint density at radius 2 is 1.81 bits per heavy atom. The number of carbonyl (C=O) groups excluding carboxylic acids is 3. The molecule has 59 heavy (non-hydrogen) atoms. The number of benzene rings is 1. The van der Waals surface area contributed by atoms with Gasteiger partial charge in [0.1, 0.15) is 23.9 Å². The number of pyridine rings is 1. The Morgan fingerprint density at radius 3 is 2.49 bits per heavy atom. The number of carbonyl (C=O) groups is 3. The highest BCUT2D eigenvalue weighted by atomic mass is 16.7. The van der Waals surface area contributed by atoms with Crippen LogP contribution in [0.2, 0.25) is 0 Å². The summed E-state index contributed by atoms with van der Waals surface area (Å²) >= 11 is 0. The van der Waals surface area contributed by atoms with E-state index < -0.39 is 71.5 Å². The van der Waals surface area contributed by atoms with E-state index in [4.69, 9.17) is 23.7 Å². The average molecular weight is 826 g/mol. The minimum atomic E-state index is -1.64. The quantitative estimate of drug-likeness (QED) is 0.241. The van der Waals surface area contributed by atoms with Gasteiger partial charge in [0, 0.05) is 42.2 Å². The molecule has 4 fully saturated rings. The largest absolute Gasteiger partial charge is 0.497 e. The zero-order valence-corrected chi connectivity index (χ0v) is 36.7. The van der Waals surface area contributed by atoms with Crippen molar-refractivity contribution in [2.75, 3.05) is 34.4 Å². The van der Waals surface area contributed by atoms with Gasteiger partial charge < -0.3 is 38.8 Å². The van der Waals surface area contributed by atoms with Gasteiger partial charge in [-0.15, -0.1) is 0 Å². The normalized spacial score (nSPS) is 38.8. The molecule has 15 nitrogen and oxygen atoms in total. The number of hydrazine groups is 1. The van der Waals surface area contributed by atoms with E-state index in [1.54, 1.807) is 32.2 Å². The number of hydrogen-bond acceptors (Lipinski definition) is 14. The van der Waals surface area contributed by atoms with E-state index in [2.05, 4.69) is 17.2 Å². The van der Waals surface area contributed by atoms with Crippen molar-refractivity contribution in [1.29, 1.82) is 0 Å². The molecule has 15 heteroatoms. The Morgan fingerprint density at radius 1 is 1.08 bits per heavy atom. The second-order valence-electron chi connectivity index (χ2n) is 18.2. The molecule has 2 aromatic rings. The number of nitrogens with zero attached hydrogens (tertiary/aromatic N) is 4. The number of amides is 1. The van der Waals surface area contributed by atoms with E-state index in [1.165, 1.54) is 6.92 Å². The predicted octanol–water partition coefficient (Wildman–Crippen LogP) is 4.30. The predicted molar refractivity (Wildman–Crippen MR) is 220 cm³/mol. The molecule has 5 heterocycles. The second kappa shape index (κ2) is 17.9. The summed E-state index contributed by atoms with van der Waals surface area (Å²) in [5, 5.41) is 32.5. The third-order valence-corrected chi connectivity index (χ3v) is 13.6. The molecular weight excluding hydrogens is 759 g/mol. The molecule has 0 saturated carbocycles. The molecule has 4 aliphatic rings. The summed E-state index contributed by atoms with van der Waals surface area (Å²) in [6, 6.07) is 6.75. The molecule has 4 aliphatic heterocycles. The van der Waals surface area contributed by atoms with Crippen molar-refractivity contribution in [2.45, 2.75) is 148 Å². The number of cyclic esters (lactones) is 1. The molecule has 14 atom stereocenters. The van der Waals surface area contributed by atoms with Crippen LogP contribution < -0.4 is 10.1 Å². The summed E-state index contributed by atoms with van der Waals surface area (Å²) in [7, 11) is 5.39. The van der Waals surface area contributed by atoms with E-state index in [0.717, 1.165) is 28.6 Å². The van der Waals surface area contributed by atoms with Gasteiger partial charge in [-0.05, 0) is 109 Å². The van der Waals surface area contributed by atoms with Gasteiger partial charge in [0.15, 0.2) is 17.7 Å². The van der Waals surface area contributed by atoms with Crippen LogP contribution in [-0.2, 0) is 35.0 Å². The molecule has 1 aromatic carbocycles. The highest BCUT2D eigenvalue weighted by Gasteiger charge is 2.62. The van der Waals surface area contributed by atoms with Crippen LogP contribution in [0, 0.1) is 23.7 Å². The zero-order chi connectivity index (χ0) is 43.1. The maximum absolute atomic E-state index is 14.3. The standard InChI is InChI=1S/C44H67N5O10/c1-12-34-44(8)38-26(4)35(46-23-48(49(38)42(53)59-44)19-13-14-29-17-18-45-32-21-30(55-11)15-16-31(29)32)24(2)22-43(7,54)39(27(5)36(50)28(6)40(52)57-34)58-41-37(51)33(47(9)10)20-25(3)56-41/h15-18,21,24-28,33-35,37-39,41,46,51,54H,12-14,19-20,22-23H2,1-11H3/t24-,25-,26+,27+,28-,33+,34-,35?,37-,38-,39-,41+,43+,44-/m1/s1. The lowest BCUT2D eigenvalue weighted by atomic mass is 9.72. The Labute approximate surface area is 349 Å². The van der Waals surface area contributed by atoms with Gasteiger partial charge in [-0.1, -0.05) is 27.7 Å². The molecule has 0 aliphatic carbocycles. The number of likely N-dealkylation sites (N-methyl/N-ethyl adjacent to an activating group) is 1. The third kappa shape index (κ3) is 8.84. The number of nitrogens with one attached hydrogen (secondary N) is 1. The van der Waals surface area contributed by atoms with Crippen molar-refractivity contribution in [1.82, 2.24) is 25.2 Å². The first-order valence-corrected chi connectivity index (χ1v) is 21.4. The first-order valence-electron chi connectivity index (χ1n) is 21.4. The molecule has 0 radical (unpaired) electrons. The van der Waals surface area contributed by atoms with E-state index >= 15 is 0 Å². The van der Waals surface area contributed by atoms with Crippen LogP contribution in [0.3, 0.4) is 0 Å². The van der Waals surface area contributed by atoms with Gasteiger partial charge in [-0.2, -0.15) is 0 Å². The fourth-order valence-electron chi connectivity index (χ4n) is 10.5. The van der Waals surface area contributed by atoms with Crippen molar-refractivity contribution in [2.24, 2.45) is 23.7 Å². The molecular formula is C44H67N5O10. The molecule has 4 saturated heterocycles. The number of Topliss-reactive ketones (excluding diaryl/α,β-unsaturated/α-hetero) is 1. The first-order chi connectivity index (χ1) is 27.8. The van der Waals surface area contributed by atoms with Crippen molar-refractivity contribution in [3.8, 4) is 5.75 Å². The lowest BCUT2D eigenvalue weighted by Gasteiger charge is -2.47. The summed E-state index contributed by atoms with van der Waals surface area (Å²) in [6.45, 7) is 15.3. The van der Waals surface area contributed by atoms with Crippen LogP contribution in [0.4, 0.5) is 4.79 Å². The van der Waals surface area contributed by atoms with E-state index in [9.17, 15) is 24.6 Å². The number of aliphatic hydroxyl groups is 2. The highest BCUT2D eigenvalue weighted by molar-refractivity contribution is 6.00. The SMILES string of the molecule is CC[C@H]1OC(=O)[C@H](C)C(=O)[C@H](C)[C@@H](O[C@@H]2O[C@H](C)C[C@H](N(C)C)[C@H]2O)[C@@](C)(O)C[C@@H](C)C2NCN(CCCc3ccnc4cc(OC)ccc34)N3C(=O)O[C@@]1(C)[C@H]3[C@H]2C. The number of aromatic nitrogens is 1. The third-order valence-electron chi connectivity index (χ3n) is 13.6. The van der Waals surface area contributed by atoms with Gasteiger partial charge in [0.2, 0.25) is 0 Å². The number of rotatable bonds is 9. The molecule has 328 valence electrons. The maximum atomic E-state index is 14.3. The second-order valence-corrected chi connectivity index (χ2v) is 18.2.